The van der Waals surface area contributed by atoms with Gasteiger partial charge in [-0.05, 0) is 23.8 Å². The first-order chi connectivity index (χ1) is 9.35. The minimum atomic E-state index is 0.727. The fourth-order valence-corrected chi connectivity index (χ4v) is 2.64. The minimum Gasteiger partial charge on any atom is -0.497 e. The number of nitrogens with zero attached hydrogens (tertiary/aromatic N) is 2. The van der Waals surface area contributed by atoms with E-state index in [0.29, 0.717) is 0 Å². The lowest BCUT2D eigenvalue weighted by Gasteiger charge is -2.05. The number of ether oxygens (including phenoxy) is 1. The average Bonchev–Trinajstić information content (AvgIpc) is 2.88. The molecule has 0 aliphatic rings. The van der Waals surface area contributed by atoms with E-state index in [9.17, 15) is 0 Å². The van der Waals surface area contributed by atoms with Crippen LogP contribution < -0.4 is 10.1 Å². The molecule has 0 bridgehead atoms. The maximum absolute atomic E-state index is 5.21. The van der Waals surface area contributed by atoms with Crippen LogP contribution in [0.25, 0.3) is 10.2 Å². The number of pyridine rings is 1. The van der Waals surface area contributed by atoms with Gasteiger partial charge < -0.3 is 10.1 Å². The lowest BCUT2D eigenvalue weighted by molar-refractivity contribution is 0.414. The Balaban J connectivity index is 1.74. The average molecular weight is 271 g/mol. The standard InChI is InChI=1S/C14H13N3OS/c1-18-11-4-2-3-10(7-11)8-16-14-17-12-9-15-6-5-13(12)19-14/h2-7,9H,8H2,1H3,(H,16,17). The molecule has 2 aromatic heterocycles. The number of hydrogen-bond donors (Lipinski definition) is 1. The van der Waals surface area contributed by atoms with E-state index in [-0.39, 0.29) is 0 Å². The third-order valence-electron chi connectivity index (χ3n) is 2.77. The largest absolute Gasteiger partial charge is 0.497 e. The Hall–Kier alpha value is -2.14. The van der Waals surface area contributed by atoms with Gasteiger partial charge in [0.25, 0.3) is 0 Å². The minimum absolute atomic E-state index is 0.727. The number of rotatable bonds is 4. The summed E-state index contributed by atoms with van der Waals surface area (Å²) < 4.78 is 6.35. The van der Waals surface area contributed by atoms with Gasteiger partial charge in [-0.3, -0.25) is 4.98 Å². The van der Waals surface area contributed by atoms with E-state index >= 15 is 0 Å². The number of anilines is 1. The molecule has 96 valence electrons. The summed E-state index contributed by atoms with van der Waals surface area (Å²) in [7, 11) is 1.67. The van der Waals surface area contributed by atoms with E-state index in [0.717, 1.165) is 33.2 Å². The van der Waals surface area contributed by atoms with E-state index in [4.69, 9.17) is 4.74 Å². The molecule has 19 heavy (non-hydrogen) atoms. The van der Waals surface area contributed by atoms with Crippen molar-refractivity contribution in [1.82, 2.24) is 9.97 Å². The Morgan fingerprint density at radius 1 is 1.32 bits per heavy atom. The van der Waals surface area contributed by atoms with Crippen molar-refractivity contribution < 1.29 is 4.74 Å². The summed E-state index contributed by atoms with van der Waals surface area (Å²) in [5.74, 6) is 0.868. The van der Waals surface area contributed by atoms with Crippen LogP contribution in [0.3, 0.4) is 0 Å². The third-order valence-corrected chi connectivity index (χ3v) is 3.76. The molecule has 4 nitrogen and oxygen atoms in total. The third kappa shape index (κ3) is 2.66. The van der Waals surface area contributed by atoms with Crippen molar-refractivity contribution in [2.75, 3.05) is 12.4 Å². The molecule has 0 aliphatic carbocycles. The highest BCUT2D eigenvalue weighted by Crippen LogP contribution is 2.25. The molecule has 3 aromatic rings. The molecule has 0 unspecified atom stereocenters. The SMILES string of the molecule is COc1cccc(CNc2nc3cnccc3s2)c1. The van der Waals surface area contributed by atoms with Crippen molar-refractivity contribution in [3.63, 3.8) is 0 Å². The highest BCUT2D eigenvalue weighted by atomic mass is 32.1. The van der Waals surface area contributed by atoms with Gasteiger partial charge >= 0.3 is 0 Å². The maximum Gasteiger partial charge on any atom is 0.184 e. The molecule has 1 aromatic carbocycles. The van der Waals surface area contributed by atoms with Crippen molar-refractivity contribution in [2.24, 2.45) is 0 Å². The first-order valence-corrected chi connectivity index (χ1v) is 6.74. The molecular weight excluding hydrogens is 258 g/mol. The predicted molar refractivity (Wildman–Crippen MR) is 77.7 cm³/mol. The number of nitrogens with one attached hydrogen (secondary N) is 1. The lowest BCUT2D eigenvalue weighted by atomic mass is 10.2. The van der Waals surface area contributed by atoms with Gasteiger partial charge in [0.15, 0.2) is 5.13 Å². The molecule has 0 amide bonds. The monoisotopic (exact) mass is 271 g/mol. The van der Waals surface area contributed by atoms with Crippen LogP contribution in [-0.4, -0.2) is 17.1 Å². The fourth-order valence-electron chi connectivity index (χ4n) is 1.82. The molecule has 5 heteroatoms. The summed E-state index contributed by atoms with van der Waals surface area (Å²) >= 11 is 1.63. The molecule has 0 fully saturated rings. The smallest absolute Gasteiger partial charge is 0.184 e. The van der Waals surface area contributed by atoms with Crippen LogP contribution in [0.4, 0.5) is 5.13 Å². The highest BCUT2D eigenvalue weighted by Gasteiger charge is 2.03. The van der Waals surface area contributed by atoms with Crippen LogP contribution in [0, 0.1) is 0 Å². The van der Waals surface area contributed by atoms with Crippen LogP contribution in [0.5, 0.6) is 5.75 Å². The molecule has 1 N–H and O–H groups in total. The Morgan fingerprint density at radius 2 is 2.26 bits per heavy atom. The normalized spacial score (nSPS) is 10.6. The molecule has 0 atom stereocenters. The molecule has 0 saturated heterocycles. The van der Waals surface area contributed by atoms with Crippen molar-refractivity contribution in [3.8, 4) is 5.75 Å². The molecule has 2 heterocycles. The number of methoxy groups -OCH3 is 1. The van der Waals surface area contributed by atoms with Crippen molar-refractivity contribution >= 4 is 26.7 Å². The molecular formula is C14H13N3OS. The van der Waals surface area contributed by atoms with Crippen LogP contribution in [-0.2, 0) is 6.54 Å². The Bertz CT molecular complexity index is 663. The zero-order valence-corrected chi connectivity index (χ0v) is 11.3. The first-order valence-electron chi connectivity index (χ1n) is 5.92. The molecule has 0 saturated carbocycles. The van der Waals surface area contributed by atoms with E-state index in [1.54, 1.807) is 30.8 Å². The van der Waals surface area contributed by atoms with Crippen LogP contribution in [0.15, 0.2) is 42.7 Å². The van der Waals surface area contributed by atoms with E-state index < -0.39 is 0 Å². The van der Waals surface area contributed by atoms with E-state index in [1.165, 1.54) is 0 Å². The second-order valence-electron chi connectivity index (χ2n) is 4.07. The summed E-state index contributed by atoms with van der Waals surface area (Å²) in [4.78, 5) is 8.55. The first kappa shape index (κ1) is 11.9. The van der Waals surface area contributed by atoms with Crippen molar-refractivity contribution in [2.45, 2.75) is 6.54 Å². The van der Waals surface area contributed by atoms with Gasteiger partial charge in [-0.25, -0.2) is 4.98 Å². The summed E-state index contributed by atoms with van der Waals surface area (Å²) in [6, 6.07) is 9.97. The van der Waals surface area contributed by atoms with Crippen LogP contribution in [0.2, 0.25) is 0 Å². The second-order valence-corrected chi connectivity index (χ2v) is 5.10. The van der Waals surface area contributed by atoms with Crippen LogP contribution in [0.1, 0.15) is 5.56 Å². The Kier molecular flexibility index (Phi) is 3.29. The number of benzene rings is 1. The van der Waals surface area contributed by atoms with Gasteiger partial charge in [-0.1, -0.05) is 23.5 Å². The lowest BCUT2D eigenvalue weighted by Crippen LogP contribution is -1.98. The van der Waals surface area contributed by atoms with Gasteiger partial charge in [0.05, 0.1) is 18.0 Å². The van der Waals surface area contributed by atoms with Gasteiger partial charge in [0.1, 0.15) is 11.3 Å². The topological polar surface area (TPSA) is 47.0 Å². The fraction of sp³-hybridized carbons (Fsp3) is 0.143. The summed E-state index contributed by atoms with van der Waals surface area (Å²) in [5.41, 5.74) is 2.09. The van der Waals surface area contributed by atoms with Gasteiger partial charge in [0.2, 0.25) is 0 Å². The number of fused-ring (bicyclic) bond motifs is 1. The van der Waals surface area contributed by atoms with Crippen LogP contribution >= 0.6 is 11.3 Å². The predicted octanol–water partition coefficient (Wildman–Crippen LogP) is 3.31. The summed E-state index contributed by atoms with van der Waals surface area (Å²) in [6.07, 6.45) is 3.56. The number of aromatic nitrogens is 2. The second kappa shape index (κ2) is 5.24. The van der Waals surface area contributed by atoms with E-state index in [1.807, 2.05) is 24.3 Å². The Labute approximate surface area is 115 Å². The van der Waals surface area contributed by atoms with Gasteiger partial charge in [-0.15, -0.1) is 0 Å². The summed E-state index contributed by atoms with van der Waals surface area (Å²) in [5, 5.41) is 4.23. The zero-order chi connectivity index (χ0) is 13.1. The maximum atomic E-state index is 5.21. The van der Waals surface area contributed by atoms with Crippen molar-refractivity contribution in [3.05, 3.63) is 48.3 Å². The quantitative estimate of drug-likeness (QED) is 0.790. The zero-order valence-electron chi connectivity index (χ0n) is 10.5. The molecule has 0 aliphatic heterocycles. The molecule has 0 spiro atoms. The highest BCUT2D eigenvalue weighted by molar-refractivity contribution is 7.22. The van der Waals surface area contributed by atoms with Gasteiger partial charge in [-0.2, -0.15) is 0 Å². The van der Waals surface area contributed by atoms with Crippen molar-refractivity contribution in [1.29, 1.82) is 0 Å². The molecule has 3 rings (SSSR count). The van der Waals surface area contributed by atoms with Gasteiger partial charge in [0, 0.05) is 12.7 Å². The summed E-state index contributed by atoms with van der Waals surface area (Å²) in [6.45, 7) is 0.727. The Morgan fingerprint density at radius 3 is 3.11 bits per heavy atom. The molecule has 0 radical (unpaired) electrons. The number of hydrogen-bond acceptors (Lipinski definition) is 5. The van der Waals surface area contributed by atoms with E-state index in [2.05, 4.69) is 21.4 Å². The number of thiazole rings is 1.